The van der Waals surface area contributed by atoms with Crippen molar-refractivity contribution in [2.75, 3.05) is 0 Å². The van der Waals surface area contributed by atoms with Gasteiger partial charge >= 0.3 is 0 Å². The molecule has 0 bridgehead atoms. The molecule has 0 aromatic heterocycles. The van der Waals surface area contributed by atoms with Crippen molar-refractivity contribution in [3.63, 3.8) is 0 Å². The number of aryl methyl sites for hydroxylation is 2. The van der Waals surface area contributed by atoms with E-state index in [0.29, 0.717) is 0 Å². The number of benzene rings is 6. The molecule has 6 rings (SSSR count). The molecule has 0 saturated heterocycles. The minimum Gasteiger partial charge on any atom is -0.166 e. The second-order valence-electron chi connectivity index (χ2n) is 10.5. The van der Waals surface area contributed by atoms with Gasteiger partial charge in [0.25, 0.3) is 0 Å². The lowest BCUT2D eigenvalue weighted by atomic mass is 10.0. The molecule has 6 aromatic carbocycles. The highest BCUT2D eigenvalue weighted by Gasteiger charge is 2.27. The molecule has 0 amide bonds. The topological polar surface area (TPSA) is 0 Å². The van der Waals surface area contributed by atoms with Gasteiger partial charge in [-0.2, -0.15) is 12.6 Å². The third-order valence-electron chi connectivity index (χ3n) is 7.50. The van der Waals surface area contributed by atoms with Crippen LogP contribution in [0.2, 0.25) is 0 Å². The Morgan fingerprint density at radius 3 is 0.976 bits per heavy atom. The van der Waals surface area contributed by atoms with Gasteiger partial charge in [-0.1, -0.05) is 169 Å². The highest BCUT2D eigenvalue weighted by molar-refractivity contribution is 7.82. The molecule has 6 aromatic rings. The average Bonchev–Trinajstić information content (AvgIpc) is 3.03. The van der Waals surface area contributed by atoms with Crippen molar-refractivity contribution in [2.24, 2.45) is 0 Å². The fourth-order valence-electron chi connectivity index (χ4n) is 5.49. The lowest BCUT2D eigenvalue weighted by molar-refractivity contribution is 1.19. The van der Waals surface area contributed by atoms with Crippen LogP contribution in [0.5, 0.6) is 0 Å². The predicted octanol–water partition coefficient (Wildman–Crippen LogP) is 7.84. The van der Waals surface area contributed by atoms with Crippen LogP contribution in [0.1, 0.15) is 27.5 Å². The van der Waals surface area contributed by atoms with Crippen LogP contribution >= 0.6 is 28.5 Å². The van der Waals surface area contributed by atoms with E-state index in [0.717, 1.165) is 0 Å². The van der Waals surface area contributed by atoms with E-state index in [9.17, 15) is 0 Å². The second kappa shape index (κ2) is 13.2. The van der Waals surface area contributed by atoms with Crippen molar-refractivity contribution in [3.05, 3.63) is 180 Å². The van der Waals surface area contributed by atoms with Gasteiger partial charge in [0.2, 0.25) is 0 Å². The Morgan fingerprint density at radius 2 is 0.690 bits per heavy atom. The van der Waals surface area contributed by atoms with Crippen molar-refractivity contribution < 1.29 is 0 Å². The summed E-state index contributed by atoms with van der Waals surface area (Å²) >= 11 is 5.48. The summed E-state index contributed by atoms with van der Waals surface area (Å²) in [5.41, 5.74) is 5.11. The molecule has 3 heteroatoms. The summed E-state index contributed by atoms with van der Waals surface area (Å²) in [5.74, 6) is 0. The first-order valence-electron chi connectivity index (χ1n) is 14.3. The average molecular weight is 597 g/mol. The Kier molecular flexibility index (Phi) is 9.02. The van der Waals surface area contributed by atoms with Crippen LogP contribution in [0.15, 0.2) is 158 Å². The zero-order chi connectivity index (χ0) is 28.9. The standard InChI is InChI=1S/C39H34P2S/c1-29-23-25-35(37(27-29)40(31-15-7-3-8-16-31)32-17-9-4-10-18-32)39(42)36-26-24-30(2)28-38(36)41(33-19-11-5-12-20-33)34-21-13-6-14-22-34/h3-28,39,42H,1-2H3. The highest BCUT2D eigenvalue weighted by atomic mass is 32.1. The molecule has 0 N–H and O–H groups in total. The maximum Gasteiger partial charge on any atom is 0.0529 e. The lowest BCUT2D eigenvalue weighted by Crippen LogP contribution is -2.27. The van der Waals surface area contributed by atoms with E-state index in [4.69, 9.17) is 12.6 Å². The number of hydrogen-bond acceptors (Lipinski definition) is 1. The van der Waals surface area contributed by atoms with E-state index in [-0.39, 0.29) is 5.25 Å². The maximum absolute atomic E-state index is 5.48. The van der Waals surface area contributed by atoms with E-state index in [2.05, 4.69) is 172 Å². The molecule has 0 fully saturated rings. The molecule has 0 atom stereocenters. The molecule has 0 aliphatic carbocycles. The van der Waals surface area contributed by atoms with Gasteiger partial charge in [0.15, 0.2) is 0 Å². The van der Waals surface area contributed by atoms with Crippen molar-refractivity contribution in [3.8, 4) is 0 Å². The first-order chi connectivity index (χ1) is 20.6. The van der Waals surface area contributed by atoms with Gasteiger partial charge in [0.05, 0.1) is 5.25 Å². The molecule has 0 aliphatic heterocycles. The fraction of sp³-hybridized carbons (Fsp3) is 0.0769. The molecular weight excluding hydrogens is 562 g/mol. The van der Waals surface area contributed by atoms with E-state index in [1.165, 1.54) is 54.1 Å². The van der Waals surface area contributed by atoms with Crippen molar-refractivity contribution in [1.82, 2.24) is 0 Å². The first-order valence-corrected chi connectivity index (χ1v) is 17.5. The summed E-state index contributed by atoms with van der Waals surface area (Å²) in [4.78, 5) is 0. The fourth-order valence-corrected chi connectivity index (χ4v) is 11.3. The summed E-state index contributed by atoms with van der Waals surface area (Å²) < 4.78 is 0. The largest absolute Gasteiger partial charge is 0.166 e. The molecule has 0 heterocycles. The normalized spacial score (nSPS) is 11.4. The SMILES string of the molecule is Cc1ccc(C(S)c2ccc(C)cc2P(c2ccccc2)c2ccccc2)c(P(c2ccccc2)c2ccccc2)c1. The molecule has 0 unspecified atom stereocenters. The van der Waals surface area contributed by atoms with E-state index in [1.54, 1.807) is 0 Å². The van der Waals surface area contributed by atoms with Crippen molar-refractivity contribution >= 4 is 60.3 Å². The Hall–Kier alpha value is -3.47. The minimum atomic E-state index is -0.768. The number of thiol groups is 1. The van der Waals surface area contributed by atoms with Crippen LogP contribution in [-0.4, -0.2) is 0 Å². The van der Waals surface area contributed by atoms with Gasteiger partial charge in [-0.3, -0.25) is 0 Å². The summed E-state index contributed by atoms with van der Waals surface area (Å²) in [6, 6.07) is 57.8. The maximum atomic E-state index is 5.48. The summed E-state index contributed by atoms with van der Waals surface area (Å²) in [5, 5.41) is 8.08. The number of hydrogen-bond donors (Lipinski definition) is 1. The second-order valence-corrected chi connectivity index (χ2v) is 15.4. The highest BCUT2D eigenvalue weighted by Crippen LogP contribution is 2.42. The van der Waals surface area contributed by atoms with E-state index >= 15 is 0 Å². The summed E-state index contributed by atoms with van der Waals surface area (Å²) in [7, 11) is -1.54. The quantitative estimate of drug-likeness (QED) is 0.134. The van der Waals surface area contributed by atoms with Crippen LogP contribution in [0.4, 0.5) is 0 Å². The third-order valence-corrected chi connectivity index (χ3v) is 13.1. The van der Waals surface area contributed by atoms with E-state index in [1.807, 2.05) is 0 Å². The Balaban J connectivity index is 1.55. The minimum absolute atomic E-state index is 0.0777. The third kappa shape index (κ3) is 6.16. The van der Waals surface area contributed by atoms with Gasteiger partial charge in [0.1, 0.15) is 0 Å². The van der Waals surface area contributed by atoms with Crippen LogP contribution in [0.3, 0.4) is 0 Å². The monoisotopic (exact) mass is 596 g/mol. The Bertz CT molecular complexity index is 1540. The smallest absolute Gasteiger partial charge is 0.0529 e. The summed E-state index contributed by atoms with van der Waals surface area (Å²) in [6.45, 7) is 4.40. The summed E-state index contributed by atoms with van der Waals surface area (Å²) in [6.07, 6.45) is 0. The Labute approximate surface area is 258 Å². The van der Waals surface area contributed by atoms with Gasteiger partial charge < -0.3 is 0 Å². The van der Waals surface area contributed by atoms with Crippen LogP contribution in [0, 0.1) is 13.8 Å². The molecule has 0 spiro atoms. The molecule has 0 nitrogen and oxygen atoms in total. The lowest BCUT2D eigenvalue weighted by Gasteiger charge is -2.28. The molecular formula is C39H34P2S. The predicted molar refractivity (Wildman–Crippen MR) is 191 cm³/mol. The van der Waals surface area contributed by atoms with Gasteiger partial charge in [-0.25, -0.2) is 0 Å². The van der Waals surface area contributed by atoms with Crippen LogP contribution in [0.25, 0.3) is 0 Å². The van der Waals surface area contributed by atoms with Crippen LogP contribution in [-0.2, 0) is 0 Å². The molecule has 0 radical (unpaired) electrons. The Morgan fingerprint density at radius 1 is 0.405 bits per heavy atom. The molecule has 0 saturated carbocycles. The van der Waals surface area contributed by atoms with Gasteiger partial charge in [0, 0.05) is 0 Å². The molecule has 0 aliphatic rings. The van der Waals surface area contributed by atoms with Gasteiger partial charge in [-0.15, -0.1) is 0 Å². The first kappa shape index (κ1) is 28.6. The number of rotatable bonds is 8. The van der Waals surface area contributed by atoms with E-state index < -0.39 is 15.8 Å². The molecule has 42 heavy (non-hydrogen) atoms. The zero-order valence-corrected chi connectivity index (χ0v) is 26.6. The molecule has 206 valence electrons. The zero-order valence-electron chi connectivity index (χ0n) is 23.9. The van der Waals surface area contributed by atoms with Crippen LogP contribution < -0.4 is 31.8 Å². The van der Waals surface area contributed by atoms with Crippen molar-refractivity contribution in [2.45, 2.75) is 19.1 Å². The van der Waals surface area contributed by atoms with Crippen molar-refractivity contribution in [1.29, 1.82) is 0 Å². The van der Waals surface area contributed by atoms with Gasteiger partial charge in [-0.05, 0) is 72.6 Å².